The molecule has 3 rings (SSSR count). The van der Waals surface area contributed by atoms with Crippen LogP contribution in [0.5, 0.6) is 5.75 Å². The van der Waals surface area contributed by atoms with Crippen molar-refractivity contribution in [3.05, 3.63) is 29.8 Å². The van der Waals surface area contributed by atoms with Crippen molar-refractivity contribution in [3.63, 3.8) is 0 Å². The number of sulfonamides is 1. The van der Waals surface area contributed by atoms with Gasteiger partial charge in [0.2, 0.25) is 15.9 Å². The number of ether oxygens (including phenoxy) is 2. The van der Waals surface area contributed by atoms with E-state index in [0.29, 0.717) is 5.75 Å². The van der Waals surface area contributed by atoms with Crippen molar-refractivity contribution < 1.29 is 27.8 Å². The Bertz CT molecular complexity index is 977. The zero-order valence-electron chi connectivity index (χ0n) is 20.0. The van der Waals surface area contributed by atoms with E-state index in [9.17, 15) is 18.3 Å². The number of nitrogens with zero attached hydrogens (tertiary/aromatic N) is 2. The average Bonchev–Trinajstić information content (AvgIpc) is 2.81. The van der Waals surface area contributed by atoms with Crippen LogP contribution in [0.3, 0.4) is 0 Å². The predicted octanol–water partition coefficient (Wildman–Crippen LogP) is 2.52. The third-order valence-electron chi connectivity index (χ3n) is 6.48. The Morgan fingerprint density at radius 2 is 2.12 bits per heavy atom. The minimum absolute atomic E-state index is 0.0332. The molecule has 1 aromatic rings. The minimum atomic E-state index is -3.88. The zero-order chi connectivity index (χ0) is 24.2. The standard InChI is InChI=1S/C24H36N2O6S/c1-17-13-26(18(2)15-27)33(29,30)23-11-10-20(19-8-6-5-7-9-19)12-21(23)32-22(17)14-25(3)24(28)16-31-4/h8,10-12,17-18,22,27H,5-7,9,13-16H2,1-4H3/t17-,18+,22+/m1/s1. The normalized spacial score (nSPS) is 24.0. The Morgan fingerprint density at radius 3 is 2.76 bits per heavy atom. The van der Waals surface area contributed by atoms with Crippen LogP contribution in [0.4, 0.5) is 0 Å². The number of methoxy groups -OCH3 is 1. The monoisotopic (exact) mass is 480 g/mol. The highest BCUT2D eigenvalue weighted by Gasteiger charge is 2.38. The van der Waals surface area contributed by atoms with E-state index in [4.69, 9.17) is 9.47 Å². The summed E-state index contributed by atoms with van der Waals surface area (Å²) in [5.74, 6) is -0.111. The number of rotatable bonds is 7. The molecule has 1 aliphatic carbocycles. The van der Waals surface area contributed by atoms with Gasteiger partial charge >= 0.3 is 0 Å². The highest BCUT2D eigenvalue weighted by atomic mass is 32.2. The van der Waals surface area contributed by atoms with E-state index in [1.807, 2.05) is 19.1 Å². The number of hydrogen-bond acceptors (Lipinski definition) is 6. The van der Waals surface area contributed by atoms with Gasteiger partial charge in [-0.05, 0) is 55.9 Å². The van der Waals surface area contributed by atoms with E-state index in [1.54, 1.807) is 24.9 Å². The number of fused-ring (bicyclic) bond motifs is 1. The summed E-state index contributed by atoms with van der Waals surface area (Å²) >= 11 is 0. The highest BCUT2D eigenvalue weighted by Crippen LogP contribution is 2.37. The number of carbonyl (C=O) groups is 1. The smallest absolute Gasteiger partial charge is 0.248 e. The van der Waals surface area contributed by atoms with E-state index in [0.717, 1.165) is 31.2 Å². The van der Waals surface area contributed by atoms with Crippen molar-refractivity contribution in [2.75, 3.05) is 40.5 Å². The Morgan fingerprint density at radius 1 is 1.36 bits per heavy atom. The van der Waals surface area contributed by atoms with Gasteiger partial charge in [0.05, 0.1) is 13.2 Å². The summed E-state index contributed by atoms with van der Waals surface area (Å²) in [7, 11) is -0.727. The summed E-state index contributed by atoms with van der Waals surface area (Å²) in [6, 6.07) is 4.68. The van der Waals surface area contributed by atoms with Gasteiger partial charge in [-0.2, -0.15) is 4.31 Å². The molecule has 1 amide bonds. The Labute approximate surface area is 197 Å². The Balaban J connectivity index is 2.05. The van der Waals surface area contributed by atoms with Gasteiger partial charge in [-0.3, -0.25) is 4.79 Å². The topological polar surface area (TPSA) is 96.4 Å². The van der Waals surface area contributed by atoms with Crippen LogP contribution in [0.25, 0.3) is 5.57 Å². The van der Waals surface area contributed by atoms with Crippen LogP contribution in [-0.4, -0.2) is 81.2 Å². The molecule has 0 saturated heterocycles. The van der Waals surface area contributed by atoms with Gasteiger partial charge < -0.3 is 19.5 Å². The summed E-state index contributed by atoms with van der Waals surface area (Å²) < 4.78 is 39.8. The first kappa shape index (κ1) is 25.7. The second kappa shape index (κ2) is 11.0. The zero-order valence-corrected chi connectivity index (χ0v) is 20.8. The van der Waals surface area contributed by atoms with Crippen molar-refractivity contribution in [3.8, 4) is 5.75 Å². The fraction of sp³-hybridized carbons (Fsp3) is 0.625. The van der Waals surface area contributed by atoms with Crippen LogP contribution in [0.15, 0.2) is 29.2 Å². The summed E-state index contributed by atoms with van der Waals surface area (Å²) in [4.78, 5) is 13.9. The number of aliphatic hydroxyl groups excluding tert-OH is 1. The fourth-order valence-corrected chi connectivity index (χ4v) is 6.17. The predicted molar refractivity (Wildman–Crippen MR) is 126 cm³/mol. The van der Waals surface area contributed by atoms with Gasteiger partial charge in [-0.25, -0.2) is 8.42 Å². The molecule has 1 aromatic carbocycles. The maximum atomic E-state index is 13.6. The van der Waals surface area contributed by atoms with Gasteiger partial charge in [0.15, 0.2) is 0 Å². The summed E-state index contributed by atoms with van der Waals surface area (Å²) in [6.45, 7) is 3.74. The first-order valence-electron chi connectivity index (χ1n) is 11.5. The molecular weight excluding hydrogens is 444 g/mol. The molecule has 0 spiro atoms. The molecule has 1 aliphatic heterocycles. The number of amides is 1. The molecule has 1 N–H and O–H groups in total. The van der Waals surface area contributed by atoms with Crippen LogP contribution >= 0.6 is 0 Å². The Hall–Kier alpha value is -1.94. The molecule has 0 saturated carbocycles. The van der Waals surface area contributed by atoms with Gasteiger partial charge in [0.1, 0.15) is 23.4 Å². The third kappa shape index (κ3) is 5.77. The molecule has 0 unspecified atom stereocenters. The third-order valence-corrected chi connectivity index (χ3v) is 8.50. The number of aliphatic hydroxyl groups is 1. The number of allylic oxidation sites excluding steroid dienone is 2. The Kier molecular flexibility index (Phi) is 8.55. The number of hydrogen-bond donors (Lipinski definition) is 1. The summed E-state index contributed by atoms with van der Waals surface area (Å²) in [6.07, 6.45) is 6.01. The van der Waals surface area contributed by atoms with Gasteiger partial charge in [-0.1, -0.05) is 19.1 Å². The van der Waals surface area contributed by atoms with Crippen LogP contribution in [-0.2, 0) is 19.6 Å². The highest BCUT2D eigenvalue weighted by molar-refractivity contribution is 7.89. The molecule has 0 aromatic heterocycles. The molecule has 8 nitrogen and oxygen atoms in total. The molecule has 1 heterocycles. The first-order valence-corrected chi connectivity index (χ1v) is 13.0. The quantitative estimate of drug-likeness (QED) is 0.644. The van der Waals surface area contributed by atoms with E-state index >= 15 is 0 Å². The SMILES string of the molecule is COCC(=O)N(C)C[C@@H]1Oc2cc(C3=CCCCC3)ccc2S(=O)(=O)N([C@@H](C)CO)C[C@H]1C. The molecule has 0 bridgehead atoms. The molecule has 184 valence electrons. The molecule has 9 heteroatoms. The molecule has 0 fully saturated rings. The lowest BCUT2D eigenvalue weighted by Crippen LogP contribution is -2.50. The van der Waals surface area contributed by atoms with Crippen LogP contribution < -0.4 is 4.74 Å². The molecule has 0 radical (unpaired) electrons. The van der Waals surface area contributed by atoms with Crippen LogP contribution in [0.1, 0.15) is 45.1 Å². The van der Waals surface area contributed by atoms with Gasteiger partial charge in [0, 0.05) is 32.7 Å². The maximum Gasteiger partial charge on any atom is 0.248 e. The van der Waals surface area contributed by atoms with Crippen LogP contribution in [0.2, 0.25) is 0 Å². The van der Waals surface area contributed by atoms with Crippen molar-refractivity contribution in [1.29, 1.82) is 0 Å². The molecule has 3 atom stereocenters. The fourth-order valence-electron chi connectivity index (χ4n) is 4.35. The number of benzene rings is 1. The lowest BCUT2D eigenvalue weighted by atomic mass is 9.93. The number of likely N-dealkylation sites (N-methyl/N-ethyl adjacent to an activating group) is 1. The van der Waals surface area contributed by atoms with Crippen molar-refractivity contribution in [2.24, 2.45) is 5.92 Å². The van der Waals surface area contributed by atoms with Crippen LogP contribution in [0, 0.1) is 5.92 Å². The van der Waals surface area contributed by atoms with E-state index < -0.39 is 22.2 Å². The largest absolute Gasteiger partial charge is 0.487 e. The van der Waals surface area contributed by atoms with E-state index in [-0.39, 0.29) is 43.0 Å². The first-order chi connectivity index (χ1) is 15.7. The van der Waals surface area contributed by atoms with Crippen molar-refractivity contribution in [2.45, 2.75) is 56.6 Å². The van der Waals surface area contributed by atoms with E-state index in [2.05, 4.69) is 6.08 Å². The maximum absolute atomic E-state index is 13.6. The summed E-state index contributed by atoms with van der Waals surface area (Å²) in [5.41, 5.74) is 2.16. The molecule has 2 aliphatic rings. The van der Waals surface area contributed by atoms with E-state index in [1.165, 1.54) is 17.0 Å². The average molecular weight is 481 g/mol. The minimum Gasteiger partial charge on any atom is -0.487 e. The van der Waals surface area contributed by atoms with Crippen molar-refractivity contribution in [1.82, 2.24) is 9.21 Å². The van der Waals surface area contributed by atoms with Gasteiger partial charge in [-0.15, -0.1) is 0 Å². The lowest BCUT2D eigenvalue weighted by Gasteiger charge is -2.37. The second-order valence-corrected chi connectivity index (χ2v) is 10.9. The lowest BCUT2D eigenvalue weighted by molar-refractivity contribution is -0.135. The second-order valence-electron chi connectivity index (χ2n) is 9.08. The molecule has 33 heavy (non-hydrogen) atoms. The molecular formula is C24H36N2O6S. The van der Waals surface area contributed by atoms with Gasteiger partial charge in [0.25, 0.3) is 0 Å². The van der Waals surface area contributed by atoms with Crippen molar-refractivity contribution >= 4 is 21.5 Å². The summed E-state index contributed by atoms with van der Waals surface area (Å²) in [5, 5.41) is 9.76. The number of carbonyl (C=O) groups excluding carboxylic acids is 1.